The summed E-state index contributed by atoms with van der Waals surface area (Å²) in [6, 6.07) is 2.05. The molecule has 1 amide bonds. The molecule has 176 valence electrons. The van der Waals surface area contributed by atoms with E-state index in [0.717, 1.165) is 37.2 Å². The molecule has 2 rings (SSSR count). The number of aromatic nitrogens is 2. The lowest BCUT2D eigenvalue weighted by atomic mass is 9.98. The van der Waals surface area contributed by atoms with E-state index < -0.39 is 23.2 Å². The molecule has 1 heterocycles. The number of imidazole rings is 1. The number of carbonyl (C=O) groups excluding carboxylic acids is 1. The molecule has 0 radical (unpaired) electrons. The van der Waals surface area contributed by atoms with Crippen LogP contribution in [0.2, 0.25) is 0 Å². The van der Waals surface area contributed by atoms with Crippen molar-refractivity contribution in [2.45, 2.75) is 59.5 Å². The van der Waals surface area contributed by atoms with Gasteiger partial charge in [0.05, 0.1) is 18.4 Å². The highest BCUT2D eigenvalue weighted by atomic mass is 32.1. The molecule has 32 heavy (non-hydrogen) atoms. The van der Waals surface area contributed by atoms with Crippen LogP contribution >= 0.6 is 12.6 Å². The van der Waals surface area contributed by atoms with Gasteiger partial charge >= 0.3 is 5.97 Å². The predicted molar refractivity (Wildman–Crippen MR) is 122 cm³/mol. The van der Waals surface area contributed by atoms with Gasteiger partial charge < -0.3 is 15.0 Å². The third-order valence-corrected chi connectivity index (χ3v) is 5.66. The first-order valence-corrected chi connectivity index (χ1v) is 11.4. The molecule has 0 bridgehead atoms. The molecule has 1 aromatic carbocycles. The molecule has 0 unspecified atom stereocenters. The Hall–Kier alpha value is -2.42. The maximum absolute atomic E-state index is 14.2. The highest BCUT2D eigenvalue weighted by Crippen LogP contribution is 2.19. The lowest BCUT2D eigenvalue weighted by Gasteiger charge is -2.18. The van der Waals surface area contributed by atoms with Crippen molar-refractivity contribution >= 4 is 24.5 Å². The minimum atomic E-state index is -1.65. The fourth-order valence-electron chi connectivity index (χ4n) is 3.58. The van der Waals surface area contributed by atoms with E-state index in [4.69, 9.17) is 5.11 Å². The van der Waals surface area contributed by atoms with Crippen LogP contribution in [0.25, 0.3) is 0 Å². The van der Waals surface area contributed by atoms with Crippen molar-refractivity contribution in [3.8, 4) is 0 Å². The molecule has 1 atom stereocenters. The quantitative estimate of drug-likeness (QED) is 0.403. The lowest BCUT2D eigenvalue weighted by Crippen LogP contribution is -2.33. The second-order valence-corrected chi connectivity index (χ2v) is 8.69. The van der Waals surface area contributed by atoms with Gasteiger partial charge in [-0.15, -0.1) is 0 Å². The average Bonchev–Trinajstić information content (AvgIpc) is 3.08. The summed E-state index contributed by atoms with van der Waals surface area (Å²) in [4.78, 5) is 28.1. The molecule has 0 aliphatic rings. The summed E-state index contributed by atoms with van der Waals surface area (Å²) in [5.74, 6) is -2.65. The number of nitrogens with one attached hydrogen (secondary N) is 1. The first kappa shape index (κ1) is 25.8. The second-order valence-electron chi connectivity index (χ2n) is 8.32. The van der Waals surface area contributed by atoms with E-state index in [1.165, 1.54) is 0 Å². The number of carboxylic acids is 1. The van der Waals surface area contributed by atoms with Gasteiger partial charge in [0.2, 0.25) is 5.91 Å². The van der Waals surface area contributed by atoms with Crippen LogP contribution in [0.5, 0.6) is 0 Å². The van der Waals surface area contributed by atoms with Crippen LogP contribution in [-0.2, 0) is 24.3 Å². The number of amides is 1. The molecular formula is C23H31F2N3O3S. The molecule has 0 aliphatic carbocycles. The van der Waals surface area contributed by atoms with Crippen molar-refractivity contribution < 1.29 is 23.5 Å². The van der Waals surface area contributed by atoms with Gasteiger partial charge in [-0.25, -0.2) is 18.6 Å². The summed E-state index contributed by atoms with van der Waals surface area (Å²) in [5.41, 5.74) is 0.0115. The Morgan fingerprint density at radius 1 is 1.25 bits per heavy atom. The molecule has 0 saturated heterocycles. The van der Waals surface area contributed by atoms with Crippen LogP contribution in [0.1, 0.15) is 67.5 Å². The summed E-state index contributed by atoms with van der Waals surface area (Å²) < 4.78 is 30.2. The number of thiol groups is 1. The van der Waals surface area contributed by atoms with Gasteiger partial charge in [0.25, 0.3) is 0 Å². The molecule has 0 fully saturated rings. The highest BCUT2D eigenvalue weighted by Gasteiger charge is 2.21. The summed E-state index contributed by atoms with van der Waals surface area (Å²) in [5, 5.41) is 11.9. The third kappa shape index (κ3) is 6.79. The molecule has 0 spiro atoms. The predicted octanol–water partition coefficient (Wildman–Crippen LogP) is 4.46. The Morgan fingerprint density at radius 2 is 1.91 bits per heavy atom. The van der Waals surface area contributed by atoms with E-state index in [-0.39, 0.29) is 30.5 Å². The average molecular weight is 468 g/mol. The zero-order valence-electron chi connectivity index (χ0n) is 18.7. The molecule has 1 aromatic heterocycles. The van der Waals surface area contributed by atoms with E-state index in [1.807, 2.05) is 18.4 Å². The van der Waals surface area contributed by atoms with Crippen molar-refractivity contribution in [1.29, 1.82) is 0 Å². The van der Waals surface area contributed by atoms with E-state index in [0.29, 0.717) is 23.8 Å². The SMILES string of the molecule is CCCCc1ncc(CNC(=O)[C@@H](CS)CC(C)C)n1Cc1cc(F)c(C(=O)O)c(F)c1. The first-order valence-electron chi connectivity index (χ1n) is 10.8. The smallest absolute Gasteiger partial charge is 0.341 e. The third-order valence-electron chi connectivity index (χ3n) is 5.22. The Morgan fingerprint density at radius 3 is 2.44 bits per heavy atom. The molecule has 2 N–H and O–H groups in total. The fourth-order valence-corrected chi connectivity index (χ4v) is 3.90. The molecule has 0 saturated carbocycles. The number of carboxylic acid groups (broad SMARTS) is 1. The standard InChI is InChI=1S/C23H31F2N3O3S/c1-4-5-6-20-26-10-17(11-27-22(29)16(13-32)7-14(2)3)28(20)12-15-8-18(24)21(23(30)31)19(25)9-15/h8-10,14,16,32H,4-7,11-13H2,1-3H3,(H,27,29)(H,30,31)/t16-/m1/s1. The maximum Gasteiger partial charge on any atom is 0.341 e. The van der Waals surface area contributed by atoms with E-state index >= 15 is 0 Å². The van der Waals surface area contributed by atoms with Crippen molar-refractivity contribution in [1.82, 2.24) is 14.9 Å². The Balaban J connectivity index is 2.26. The Labute approximate surface area is 192 Å². The monoisotopic (exact) mass is 467 g/mol. The second kappa shape index (κ2) is 12.0. The molecule has 9 heteroatoms. The highest BCUT2D eigenvalue weighted by molar-refractivity contribution is 7.80. The zero-order valence-corrected chi connectivity index (χ0v) is 19.6. The van der Waals surface area contributed by atoms with Crippen LogP contribution in [0.4, 0.5) is 8.78 Å². The number of halogens is 2. The maximum atomic E-state index is 14.2. The summed E-state index contributed by atoms with van der Waals surface area (Å²) >= 11 is 4.29. The Kier molecular flexibility index (Phi) is 9.68. The number of hydrogen-bond acceptors (Lipinski definition) is 4. The number of carbonyl (C=O) groups is 2. The van der Waals surface area contributed by atoms with Crippen LogP contribution in [0, 0.1) is 23.5 Å². The van der Waals surface area contributed by atoms with Crippen LogP contribution in [-0.4, -0.2) is 32.3 Å². The van der Waals surface area contributed by atoms with Gasteiger partial charge in [0.15, 0.2) is 0 Å². The van der Waals surface area contributed by atoms with Gasteiger partial charge in [-0.2, -0.15) is 12.6 Å². The number of rotatable bonds is 12. The van der Waals surface area contributed by atoms with Gasteiger partial charge in [0, 0.05) is 24.6 Å². The van der Waals surface area contributed by atoms with Crippen molar-refractivity contribution in [2.75, 3.05) is 5.75 Å². The number of nitrogens with zero attached hydrogens (tertiary/aromatic N) is 2. The summed E-state index contributed by atoms with van der Waals surface area (Å²) in [6.45, 7) is 6.48. The zero-order chi connectivity index (χ0) is 23.8. The van der Waals surface area contributed by atoms with E-state index in [1.54, 1.807) is 6.20 Å². The normalized spacial score (nSPS) is 12.2. The number of benzene rings is 1. The molecular weight excluding hydrogens is 436 g/mol. The van der Waals surface area contributed by atoms with Gasteiger partial charge in [0.1, 0.15) is 23.0 Å². The number of aromatic carboxylic acids is 1. The van der Waals surface area contributed by atoms with E-state index in [2.05, 4.69) is 29.9 Å². The van der Waals surface area contributed by atoms with Crippen molar-refractivity contribution in [3.63, 3.8) is 0 Å². The number of unbranched alkanes of at least 4 members (excludes halogenated alkanes) is 1. The van der Waals surface area contributed by atoms with Gasteiger partial charge in [-0.1, -0.05) is 27.2 Å². The fraction of sp³-hybridized carbons (Fsp3) is 0.522. The van der Waals surface area contributed by atoms with Crippen molar-refractivity contribution in [3.05, 3.63) is 52.6 Å². The number of aryl methyl sites for hydroxylation is 1. The number of hydrogen-bond donors (Lipinski definition) is 3. The van der Waals surface area contributed by atoms with Crippen LogP contribution < -0.4 is 5.32 Å². The molecule has 0 aliphatic heterocycles. The Bertz CT molecular complexity index is 924. The van der Waals surface area contributed by atoms with Gasteiger partial charge in [-0.3, -0.25) is 4.79 Å². The van der Waals surface area contributed by atoms with Crippen molar-refractivity contribution in [2.24, 2.45) is 11.8 Å². The topological polar surface area (TPSA) is 84.2 Å². The lowest BCUT2D eigenvalue weighted by molar-refractivity contribution is -0.124. The summed E-state index contributed by atoms with van der Waals surface area (Å²) in [6.07, 6.45) is 4.90. The molecule has 2 aromatic rings. The minimum Gasteiger partial charge on any atom is -0.477 e. The van der Waals surface area contributed by atoms with E-state index in [9.17, 15) is 18.4 Å². The first-order chi connectivity index (χ1) is 15.2. The van der Waals surface area contributed by atoms with Crippen LogP contribution in [0.3, 0.4) is 0 Å². The van der Waals surface area contributed by atoms with Gasteiger partial charge in [-0.05, 0) is 36.5 Å². The largest absolute Gasteiger partial charge is 0.477 e. The molecule has 6 nitrogen and oxygen atoms in total. The minimum absolute atomic E-state index is 0.0977. The van der Waals surface area contributed by atoms with Crippen LogP contribution in [0.15, 0.2) is 18.3 Å². The summed E-state index contributed by atoms with van der Waals surface area (Å²) in [7, 11) is 0.